The topological polar surface area (TPSA) is 64.5 Å². The molecule has 1 unspecified atom stereocenters. The lowest BCUT2D eigenvalue weighted by Crippen LogP contribution is -2.20. The fourth-order valence-corrected chi connectivity index (χ4v) is 2.98. The fourth-order valence-electron chi connectivity index (χ4n) is 2.98. The van der Waals surface area contributed by atoms with Crippen LogP contribution in [0.5, 0.6) is 11.5 Å². The summed E-state index contributed by atoms with van der Waals surface area (Å²) in [6.07, 6.45) is 5.93. The number of phenolic OH excluding ortho intramolecular Hbond substituents is 2. The summed E-state index contributed by atoms with van der Waals surface area (Å²) in [4.78, 5) is 0. The predicted octanol–water partition coefficient (Wildman–Crippen LogP) is 4.14. The van der Waals surface area contributed by atoms with E-state index in [9.17, 15) is 10.2 Å². The number of aromatic hydroxyl groups is 2. The van der Waals surface area contributed by atoms with Gasteiger partial charge in [0.2, 0.25) is 0 Å². The zero-order valence-electron chi connectivity index (χ0n) is 15.7. The van der Waals surface area contributed by atoms with Crippen molar-refractivity contribution in [2.75, 3.05) is 19.6 Å². The van der Waals surface area contributed by atoms with Crippen LogP contribution < -0.4 is 10.6 Å². The number of nitrogens with one attached hydrogen (secondary N) is 2. The van der Waals surface area contributed by atoms with Gasteiger partial charge in [-0.3, -0.25) is 0 Å². The highest BCUT2D eigenvalue weighted by atomic mass is 16.3. The Morgan fingerprint density at radius 3 is 2.27 bits per heavy atom. The van der Waals surface area contributed by atoms with Crippen molar-refractivity contribution in [2.24, 2.45) is 0 Å². The third kappa shape index (κ3) is 7.46. The monoisotopic (exact) mass is 356 g/mol. The smallest absolute Gasteiger partial charge is 0.157 e. The third-order valence-corrected chi connectivity index (χ3v) is 4.66. The molecule has 0 amide bonds. The van der Waals surface area contributed by atoms with Gasteiger partial charge in [0.15, 0.2) is 11.5 Å². The van der Waals surface area contributed by atoms with Gasteiger partial charge in [0.1, 0.15) is 0 Å². The third-order valence-electron chi connectivity index (χ3n) is 4.66. The van der Waals surface area contributed by atoms with Crippen LogP contribution in [0.4, 0.5) is 0 Å². The molecule has 0 heterocycles. The summed E-state index contributed by atoms with van der Waals surface area (Å²) < 4.78 is 0. The van der Waals surface area contributed by atoms with Crippen molar-refractivity contribution in [3.05, 3.63) is 59.7 Å². The zero-order valence-corrected chi connectivity index (χ0v) is 15.7. The normalized spacial score (nSPS) is 12.2. The highest BCUT2D eigenvalue weighted by Gasteiger charge is 2.07. The van der Waals surface area contributed by atoms with E-state index >= 15 is 0 Å². The molecule has 0 aliphatic carbocycles. The van der Waals surface area contributed by atoms with Crippen LogP contribution in [0.25, 0.3) is 0 Å². The second-order valence-electron chi connectivity index (χ2n) is 6.82. The molecule has 0 spiro atoms. The maximum Gasteiger partial charge on any atom is 0.157 e. The molecule has 0 aromatic heterocycles. The lowest BCUT2D eigenvalue weighted by atomic mass is 10.1. The summed E-state index contributed by atoms with van der Waals surface area (Å²) in [5.41, 5.74) is 2.38. The molecular weight excluding hydrogens is 324 g/mol. The zero-order chi connectivity index (χ0) is 18.6. The van der Waals surface area contributed by atoms with Crippen molar-refractivity contribution >= 4 is 0 Å². The molecule has 0 aliphatic rings. The Kier molecular flexibility index (Phi) is 9.01. The standard InChI is InChI=1S/C22H32N2O2/c1-18(20-11-12-21(25)22(26)17-20)24-15-8-3-2-7-14-23-16-13-19-9-5-4-6-10-19/h4-6,9-12,17-18,23-26H,2-3,7-8,13-16H2,1H3. The fraction of sp³-hybridized carbons (Fsp3) is 0.455. The summed E-state index contributed by atoms with van der Waals surface area (Å²) in [6.45, 7) is 5.17. The summed E-state index contributed by atoms with van der Waals surface area (Å²) in [7, 11) is 0. The Labute approximate surface area is 157 Å². The van der Waals surface area contributed by atoms with Crippen LogP contribution in [-0.4, -0.2) is 29.8 Å². The molecule has 142 valence electrons. The van der Waals surface area contributed by atoms with E-state index in [-0.39, 0.29) is 17.5 Å². The molecule has 0 radical (unpaired) electrons. The van der Waals surface area contributed by atoms with E-state index in [1.807, 2.05) is 6.07 Å². The SMILES string of the molecule is CC(NCCCCCCNCCc1ccccc1)c1ccc(O)c(O)c1. The van der Waals surface area contributed by atoms with Gasteiger partial charge in [-0.2, -0.15) is 0 Å². The van der Waals surface area contributed by atoms with Gasteiger partial charge in [0.25, 0.3) is 0 Å². The van der Waals surface area contributed by atoms with Crippen LogP contribution in [0, 0.1) is 0 Å². The molecule has 26 heavy (non-hydrogen) atoms. The van der Waals surface area contributed by atoms with E-state index in [2.05, 4.69) is 47.9 Å². The van der Waals surface area contributed by atoms with Crippen molar-refractivity contribution in [1.82, 2.24) is 10.6 Å². The molecule has 0 saturated carbocycles. The van der Waals surface area contributed by atoms with Gasteiger partial charge in [-0.25, -0.2) is 0 Å². The first-order chi connectivity index (χ1) is 12.7. The van der Waals surface area contributed by atoms with Gasteiger partial charge < -0.3 is 20.8 Å². The number of hydrogen-bond donors (Lipinski definition) is 4. The molecule has 4 N–H and O–H groups in total. The highest BCUT2D eigenvalue weighted by Crippen LogP contribution is 2.27. The van der Waals surface area contributed by atoms with Crippen LogP contribution in [0.2, 0.25) is 0 Å². The van der Waals surface area contributed by atoms with Crippen molar-refractivity contribution in [1.29, 1.82) is 0 Å². The molecule has 0 fully saturated rings. The minimum absolute atomic E-state index is 0.0593. The molecule has 2 aromatic carbocycles. The van der Waals surface area contributed by atoms with Crippen molar-refractivity contribution in [2.45, 2.75) is 45.1 Å². The van der Waals surface area contributed by atoms with Crippen LogP contribution in [0.15, 0.2) is 48.5 Å². The summed E-state index contributed by atoms with van der Waals surface area (Å²) in [5.74, 6) is -0.130. The second kappa shape index (κ2) is 11.6. The lowest BCUT2D eigenvalue weighted by Gasteiger charge is -2.15. The van der Waals surface area contributed by atoms with Crippen molar-refractivity contribution < 1.29 is 10.2 Å². The molecule has 0 aliphatic heterocycles. The predicted molar refractivity (Wildman–Crippen MR) is 108 cm³/mol. The number of hydrogen-bond acceptors (Lipinski definition) is 4. The van der Waals surface area contributed by atoms with Crippen molar-refractivity contribution in [3.63, 3.8) is 0 Å². The van der Waals surface area contributed by atoms with Gasteiger partial charge >= 0.3 is 0 Å². The average molecular weight is 357 g/mol. The summed E-state index contributed by atoms with van der Waals surface area (Å²) in [6, 6.07) is 15.8. The molecule has 1 atom stereocenters. The highest BCUT2D eigenvalue weighted by molar-refractivity contribution is 5.41. The Bertz CT molecular complexity index is 631. The number of phenols is 2. The van der Waals surface area contributed by atoms with E-state index < -0.39 is 0 Å². The first-order valence-electron chi connectivity index (χ1n) is 9.66. The van der Waals surface area contributed by atoms with Gasteiger partial charge in [0, 0.05) is 6.04 Å². The first-order valence-corrected chi connectivity index (χ1v) is 9.66. The molecule has 0 bridgehead atoms. The first kappa shape index (κ1) is 20.3. The molecule has 0 saturated heterocycles. The Morgan fingerprint density at radius 2 is 1.54 bits per heavy atom. The molecule has 4 heteroatoms. The maximum atomic E-state index is 9.56. The molecule has 2 rings (SSSR count). The molecule has 4 nitrogen and oxygen atoms in total. The van der Waals surface area contributed by atoms with Crippen molar-refractivity contribution in [3.8, 4) is 11.5 Å². The second-order valence-corrected chi connectivity index (χ2v) is 6.82. The van der Waals surface area contributed by atoms with E-state index in [1.54, 1.807) is 6.07 Å². The summed E-state index contributed by atoms with van der Waals surface area (Å²) >= 11 is 0. The number of rotatable bonds is 12. The van der Waals surface area contributed by atoms with Crippen LogP contribution in [0.1, 0.15) is 49.8 Å². The minimum atomic E-state index is -0.0710. The van der Waals surface area contributed by atoms with Crippen LogP contribution >= 0.6 is 0 Å². The van der Waals surface area contributed by atoms with E-state index in [1.165, 1.54) is 30.9 Å². The van der Waals surface area contributed by atoms with Gasteiger partial charge in [-0.05, 0) is 69.1 Å². The van der Waals surface area contributed by atoms with Crippen LogP contribution in [-0.2, 0) is 6.42 Å². The number of benzene rings is 2. The summed E-state index contributed by atoms with van der Waals surface area (Å²) in [5, 5.41) is 25.9. The Hall–Kier alpha value is -2.04. The largest absolute Gasteiger partial charge is 0.504 e. The molecular formula is C22H32N2O2. The van der Waals surface area contributed by atoms with Gasteiger partial charge in [-0.1, -0.05) is 49.2 Å². The van der Waals surface area contributed by atoms with E-state index in [4.69, 9.17) is 0 Å². The van der Waals surface area contributed by atoms with Crippen LogP contribution in [0.3, 0.4) is 0 Å². The minimum Gasteiger partial charge on any atom is -0.504 e. The van der Waals surface area contributed by atoms with E-state index in [0.717, 1.165) is 38.0 Å². The Morgan fingerprint density at radius 1 is 0.808 bits per heavy atom. The van der Waals surface area contributed by atoms with Gasteiger partial charge in [-0.15, -0.1) is 0 Å². The van der Waals surface area contributed by atoms with E-state index in [0.29, 0.717) is 0 Å². The van der Waals surface area contributed by atoms with Gasteiger partial charge in [0.05, 0.1) is 0 Å². The average Bonchev–Trinajstić information content (AvgIpc) is 2.66. The molecule has 2 aromatic rings. The quantitative estimate of drug-likeness (QED) is 0.341. The lowest BCUT2D eigenvalue weighted by molar-refractivity contribution is 0.402. The number of unbranched alkanes of at least 4 members (excludes halogenated alkanes) is 3. The maximum absolute atomic E-state index is 9.56. The Balaban J connectivity index is 1.44.